The van der Waals surface area contributed by atoms with E-state index in [9.17, 15) is 0 Å². The zero-order chi connectivity index (χ0) is 8.48. The molecule has 0 spiro atoms. The molecule has 64 valence electrons. The first-order valence-electron chi connectivity index (χ1n) is 4.52. The Balaban J connectivity index is 2.32. The second-order valence-corrected chi connectivity index (χ2v) is 4.16. The van der Waals surface area contributed by atoms with Crippen LogP contribution in [0.3, 0.4) is 0 Å². The van der Waals surface area contributed by atoms with Crippen LogP contribution in [0, 0.1) is 5.92 Å². The Labute approximate surface area is 69.9 Å². The second kappa shape index (κ2) is 2.88. The summed E-state index contributed by atoms with van der Waals surface area (Å²) in [6.45, 7) is 10.7. The molecule has 1 rings (SSSR count). The van der Waals surface area contributed by atoms with E-state index in [1.807, 2.05) is 0 Å². The van der Waals surface area contributed by atoms with Crippen LogP contribution in [0.15, 0.2) is 12.3 Å². The fourth-order valence-electron chi connectivity index (χ4n) is 2.10. The van der Waals surface area contributed by atoms with Gasteiger partial charge in [-0.1, -0.05) is 20.4 Å². The molecule has 1 saturated carbocycles. The molecule has 1 aliphatic rings. The van der Waals surface area contributed by atoms with E-state index in [0.29, 0.717) is 5.54 Å². The minimum Gasteiger partial charge on any atom is -0.384 e. The van der Waals surface area contributed by atoms with Gasteiger partial charge >= 0.3 is 0 Å². The van der Waals surface area contributed by atoms with Gasteiger partial charge in [0.25, 0.3) is 0 Å². The van der Waals surface area contributed by atoms with Crippen molar-refractivity contribution in [3.63, 3.8) is 0 Å². The van der Waals surface area contributed by atoms with Crippen LogP contribution in [0.5, 0.6) is 0 Å². The minimum absolute atomic E-state index is 0.368. The highest BCUT2D eigenvalue weighted by Gasteiger charge is 2.37. The molecule has 0 aliphatic heterocycles. The number of allylic oxidation sites excluding steroid dienone is 1. The van der Waals surface area contributed by atoms with Gasteiger partial charge in [0.05, 0.1) is 0 Å². The van der Waals surface area contributed by atoms with E-state index in [2.05, 4.69) is 32.7 Å². The van der Waals surface area contributed by atoms with Crippen LogP contribution in [0.4, 0.5) is 0 Å². The van der Waals surface area contributed by atoms with Crippen LogP contribution >= 0.6 is 0 Å². The summed E-state index contributed by atoms with van der Waals surface area (Å²) in [7, 11) is 0. The van der Waals surface area contributed by atoms with Gasteiger partial charge in [-0.25, -0.2) is 0 Å². The van der Waals surface area contributed by atoms with Gasteiger partial charge in [-0.3, -0.25) is 0 Å². The molecule has 0 aromatic carbocycles. The number of rotatable bonds is 3. The van der Waals surface area contributed by atoms with E-state index in [0.717, 1.165) is 12.3 Å². The monoisotopic (exact) mass is 153 g/mol. The fourth-order valence-corrected chi connectivity index (χ4v) is 2.10. The molecule has 1 aliphatic carbocycles. The first-order valence-corrected chi connectivity index (χ1v) is 4.52. The van der Waals surface area contributed by atoms with Gasteiger partial charge in [0.15, 0.2) is 0 Å². The smallest absolute Gasteiger partial charge is 0.0347 e. The molecule has 0 heterocycles. The van der Waals surface area contributed by atoms with E-state index in [-0.39, 0.29) is 0 Å². The third-order valence-electron chi connectivity index (χ3n) is 2.50. The van der Waals surface area contributed by atoms with Crippen LogP contribution in [-0.4, -0.2) is 5.54 Å². The summed E-state index contributed by atoms with van der Waals surface area (Å²) in [5.74, 6) is 0.900. The molecule has 0 amide bonds. The molecular formula is C10H19N. The first-order chi connectivity index (χ1) is 5.06. The molecule has 1 fully saturated rings. The molecule has 0 unspecified atom stereocenters. The van der Waals surface area contributed by atoms with Crippen LogP contribution in [0.2, 0.25) is 0 Å². The summed E-state index contributed by atoms with van der Waals surface area (Å²) >= 11 is 0. The van der Waals surface area contributed by atoms with Crippen molar-refractivity contribution in [3.05, 3.63) is 12.3 Å². The predicted octanol–water partition coefficient (Wildman–Crippen LogP) is 2.69. The maximum Gasteiger partial charge on any atom is 0.0347 e. The summed E-state index contributed by atoms with van der Waals surface area (Å²) < 4.78 is 0. The molecule has 0 saturated heterocycles. The quantitative estimate of drug-likeness (QED) is 0.657. The summed E-state index contributed by atoms with van der Waals surface area (Å²) in [4.78, 5) is 0. The molecule has 0 aromatic rings. The lowest BCUT2D eigenvalue weighted by Gasteiger charge is -2.45. The van der Waals surface area contributed by atoms with Crippen molar-refractivity contribution in [1.29, 1.82) is 0 Å². The van der Waals surface area contributed by atoms with E-state index in [4.69, 9.17) is 0 Å². The predicted molar refractivity (Wildman–Crippen MR) is 49.4 cm³/mol. The molecule has 0 bridgehead atoms. The lowest BCUT2D eigenvalue weighted by molar-refractivity contribution is 0.147. The van der Waals surface area contributed by atoms with Crippen molar-refractivity contribution >= 4 is 0 Å². The van der Waals surface area contributed by atoms with Gasteiger partial charge < -0.3 is 5.32 Å². The third kappa shape index (κ3) is 1.98. The Bertz CT molecular complexity index is 154. The van der Waals surface area contributed by atoms with Crippen LogP contribution < -0.4 is 5.32 Å². The highest BCUT2D eigenvalue weighted by molar-refractivity contribution is 5.04. The van der Waals surface area contributed by atoms with Crippen molar-refractivity contribution in [3.8, 4) is 0 Å². The second-order valence-electron chi connectivity index (χ2n) is 4.16. The standard InChI is InChI=1S/C10H19N/c1-5-9(3)11-10(4)6-8(2)7-10/h8,11H,3,5-7H2,1-2,4H3. The van der Waals surface area contributed by atoms with Crippen molar-refractivity contribution in [1.82, 2.24) is 5.32 Å². The highest BCUT2D eigenvalue weighted by Crippen LogP contribution is 2.37. The molecule has 1 heteroatoms. The number of hydrogen-bond donors (Lipinski definition) is 1. The molecular weight excluding hydrogens is 134 g/mol. The summed E-state index contributed by atoms with van der Waals surface area (Å²) in [5, 5.41) is 3.48. The minimum atomic E-state index is 0.368. The Hall–Kier alpha value is -0.460. The lowest BCUT2D eigenvalue weighted by atomic mass is 9.70. The van der Waals surface area contributed by atoms with E-state index in [1.165, 1.54) is 18.5 Å². The van der Waals surface area contributed by atoms with Crippen molar-refractivity contribution in [2.75, 3.05) is 0 Å². The molecule has 0 radical (unpaired) electrons. The van der Waals surface area contributed by atoms with Gasteiger partial charge in [0.2, 0.25) is 0 Å². The maximum atomic E-state index is 3.95. The van der Waals surface area contributed by atoms with E-state index < -0.39 is 0 Å². The highest BCUT2D eigenvalue weighted by atomic mass is 15.0. The number of nitrogens with one attached hydrogen (secondary N) is 1. The van der Waals surface area contributed by atoms with Crippen molar-refractivity contribution in [2.45, 2.75) is 45.6 Å². The molecule has 1 N–H and O–H groups in total. The third-order valence-corrected chi connectivity index (χ3v) is 2.50. The van der Waals surface area contributed by atoms with Gasteiger partial charge in [-0.2, -0.15) is 0 Å². The van der Waals surface area contributed by atoms with E-state index >= 15 is 0 Å². The summed E-state index contributed by atoms with van der Waals surface area (Å²) in [6, 6.07) is 0. The Morgan fingerprint density at radius 1 is 1.64 bits per heavy atom. The average molecular weight is 153 g/mol. The van der Waals surface area contributed by atoms with Gasteiger partial charge in [-0.05, 0) is 32.1 Å². The van der Waals surface area contributed by atoms with Crippen molar-refractivity contribution in [2.24, 2.45) is 5.92 Å². The van der Waals surface area contributed by atoms with Gasteiger partial charge in [0.1, 0.15) is 0 Å². The zero-order valence-corrected chi connectivity index (χ0v) is 7.91. The van der Waals surface area contributed by atoms with Gasteiger partial charge in [0, 0.05) is 11.2 Å². The zero-order valence-electron chi connectivity index (χ0n) is 7.91. The van der Waals surface area contributed by atoms with E-state index in [1.54, 1.807) is 0 Å². The maximum absolute atomic E-state index is 3.95. The first kappa shape index (κ1) is 8.63. The van der Waals surface area contributed by atoms with Crippen LogP contribution in [0.1, 0.15) is 40.0 Å². The lowest BCUT2D eigenvalue weighted by Crippen LogP contribution is -2.51. The average Bonchev–Trinajstić information content (AvgIpc) is 1.84. The largest absolute Gasteiger partial charge is 0.384 e. The fraction of sp³-hybridized carbons (Fsp3) is 0.800. The van der Waals surface area contributed by atoms with Crippen molar-refractivity contribution < 1.29 is 0 Å². The molecule has 0 atom stereocenters. The Morgan fingerprint density at radius 2 is 2.18 bits per heavy atom. The van der Waals surface area contributed by atoms with Crippen LogP contribution in [-0.2, 0) is 0 Å². The van der Waals surface area contributed by atoms with Crippen LogP contribution in [0.25, 0.3) is 0 Å². The summed E-state index contributed by atoms with van der Waals surface area (Å²) in [6.07, 6.45) is 3.64. The normalized spacial score (nSPS) is 36.1. The topological polar surface area (TPSA) is 12.0 Å². The summed E-state index contributed by atoms with van der Waals surface area (Å²) in [5.41, 5.74) is 1.55. The Kier molecular flexibility index (Phi) is 2.26. The molecule has 1 nitrogen and oxygen atoms in total. The molecule has 11 heavy (non-hydrogen) atoms. The molecule has 0 aromatic heterocycles. The number of hydrogen-bond acceptors (Lipinski definition) is 1. The Morgan fingerprint density at radius 3 is 2.55 bits per heavy atom. The van der Waals surface area contributed by atoms with Gasteiger partial charge in [-0.15, -0.1) is 0 Å². The SMILES string of the molecule is C=C(CC)NC1(C)CC(C)C1.